The van der Waals surface area contributed by atoms with Gasteiger partial charge in [-0.2, -0.15) is 5.10 Å². The van der Waals surface area contributed by atoms with E-state index in [4.69, 9.17) is 4.74 Å². The first-order valence-corrected chi connectivity index (χ1v) is 11.0. The molecule has 0 bridgehead atoms. The first-order chi connectivity index (χ1) is 15.7. The van der Waals surface area contributed by atoms with E-state index in [0.717, 1.165) is 23.4 Å². The number of hydrogen-bond donors (Lipinski definition) is 2. The number of rotatable bonds is 5. The lowest BCUT2D eigenvalue weighted by molar-refractivity contribution is 0.102. The van der Waals surface area contributed by atoms with E-state index in [9.17, 15) is 9.59 Å². The van der Waals surface area contributed by atoms with Gasteiger partial charge >= 0.3 is 0 Å². The molecule has 1 amide bonds. The Hall–Kier alpha value is -3.69. The molecule has 1 aliphatic rings. The highest BCUT2D eigenvalue weighted by Crippen LogP contribution is 2.34. The molecule has 4 aromatic rings. The number of nitrogens with one attached hydrogen (secondary N) is 2. The van der Waals surface area contributed by atoms with Gasteiger partial charge in [-0.1, -0.05) is 72.0 Å². The van der Waals surface area contributed by atoms with E-state index in [1.54, 1.807) is 0 Å². The minimum absolute atomic E-state index is 0.0288. The minimum atomic E-state index is -0.579. The molecule has 160 valence electrons. The van der Waals surface area contributed by atoms with Crippen LogP contribution < -0.4 is 10.9 Å². The van der Waals surface area contributed by atoms with Crippen molar-refractivity contribution in [2.24, 2.45) is 0 Å². The highest BCUT2D eigenvalue weighted by Gasteiger charge is 2.26. The van der Waals surface area contributed by atoms with Crippen LogP contribution in [0.15, 0.2) is 65.5 Å². The normalized spacial score (nSPS) is 15.6. The summed E-state index contributed by atoms with van der Waals surface area (Å²) in [4.78, 5) is 26.1. The average molecular weight is 446 g/mol. The zero-order valence-corrected chi connectivity index (χ0v) is 17.8. The Labute approximate surface area is 187 Å². The van der Waals surface area contributed by atoms with Crippen LogP contribution in [0.1, 0.15) is 34.3 Å². The van der Waals surface area contributed by atoms with E-state index in [0.29, 0.717) is 28.6 Å². The third-order valence-electron chi connectivity index (χ3n) is 5.19. The number of hydrogen-bond acceptors (Lipinski definition) is 7. The Balaban J connectivity index is 1.57. The van der Waals surface area contributed by atoms with Gasteiger partial charge in [0.2, 0.25) is 5.13 Å². The van der Waals surface area contributed by atoms with Gasteiger partial charge in [-0.05, 0) is 18.4 Å². The molecular formula is C23H19N5O3S. The lowest BCUT2D eigenvalue weighted by atomic mass is 9.95. The third kappa shape index (κ3) is 3.95. The highest BCUT2D eigenvalue weighted by atomic mass is 32.1. The van der Waals surface area contributed by atoms with Crippen LogP contribution in [-0.2, 0) is 4.74 Å². The Morgan fingerprint density at radius 2 is 1.75 bits per heavy atom. The second-order valence-corrected chi connectivity index (χ2v) is 8.29. The molecule has 0 aliphatic carbocycles. The number of aromatic amines is 1. The molecule has 2 aromatic carbocycles. The van der Waals surface area contributed by atoms with E-state index < -0.39 is 11.5 Å². The number of amides is 1. The fraction of sp³-hybridized carbons (Fsp3) is 0.174. The molecule has 2 N–H and O–H groups in total. The lowest BCUT2D eigenvalue weighted by Crippen LogP contribution is -2.26. The number of H-pyrrole nitrogens is 1. The summed E-state index contributed by atoms with van der Waals surface area (Å²) in [6, 6.07) is 18.7. The summed E-state index contributed by atoms with van der Waals surface area (Å²) < 4.78 is 5.63. The van der Waals surface area contributed by atoms with Crippen LogP contribution in [0.25, 0.3) is 22.4 Å². The molecule has 2 aromatic heterocycles. The van der Waals surface area contributed by atoms with Crippen LogP contribution in [0.3, 0.4) is 0 Å². The molecule has 1 atom stereocenters. The second-order valence-electron chi connectivity index (χ2n) is 7.28. The zero-order chi connectivity index (χ0) is 21.9. The largest absolute Gasteiger partial charge is 0.371 e. The number of nitrogens with zero attached hydrogens (tertiary/aromatic N) is 3. The molecule has 0 saturated carbocycles. The molecule has 9 heteroatoms. The van der Waals surface area contributed by atoms with Crippen LogP contribution in [0, 0.1) is 0 Å². The van der Waals surface area contributed by atoms with Crippen LogP contribution in [0.2, 0.25) is 0 Å². The molecular weight excluding hydrogens is 426 g/mol. The van der Waals surface area contributed by atoms with E-state index in [1.165, 1.54) is 11.3 Å². The van der Waals surface area contributed by atoms with Gasteiger partial charge in [-0.25, -0.2) is 5.10 Å². The van der Waals surface area contributed by atoms with Crippen molar-refractivity contribution in [2.75, 3.05) is 11.9 Å². The monoisotopic (exact) mass is 445 g/mol. The van der Waals surface area contributed by atoms with Crippen LogP contribution >= 0.6 is 11.3 Å². The summed E-state index contributed by atoms with van der Waals surface area (Å²) >= 11 is 1.25. The number of carbonyl (C=O) groups is 1. The molecule has 1 saturated heterocycles. The molecule has 1 fully saturated rings. The van der Waals surface area contributed by atoms with Crippen molar-refractivity contribution < 1.29 is 9.53 Å². The SMILES string of the molecule is O=C(Nc1nnc(C2CCCO2)s1)c1c(-c2ccccc2)c(-c2ccccc2)n[nH]c1=O. The fourth-order valence-corrected chi connectivity index (χ4v) is 4.53. The van der Waals surface area contributed by atoms with Crippen molar-refractivity contribution in [1.82, 2.24) is 20.4 Å². The number of ether oxygens (including phenoxy) is 1. The molecule has 0 radical (unpaired) electrons. The summed E-state index contributed by atoms with van der Waals surface area (Å²) in [6.07, 6.45) is 1.76. The average Bonchev–Trinajstić information content (AvgIpc) is 3.52. The number of aromatic nitrogens is 4. The number of carbonyl (C=O) groups excluding carboxylic acids is 1. The van der Waals surface area contributed by atoms with Crippen molar-refractivity contribution in [3.05, 3.63) is 81.6 Å². The second kappa shape index (κ2) is 8.81. The summed E-state index contributed by atoms with van der Waals surface area (Å²) in [5.41, 5.74) is 1.87. The summed E-state index contributed by atoms with van der Waals surface area (Å²) in [5, 5.41) is 18.7. The molecule has 1 aliphatic heterocycles. The quantitative estimate of drug-likeness (QED) is 0.479. The zero-order valence-electron chi connectivity index (χ0n) is 16.9. The van der Waals surface area contributed by atoms with Crippen molar-refractivity contribution in [3.63, 3.8) is 0 Å². The standard InChI is InChI=1S/C23H19N5O3S/c29-20(24-23-28-27-22(32-23)16-12-7-13-31-16)18-17(14-8-3-1-4-9-14)19(25-26-21(18)30)15-10-5-2-6-11-15/h1-6,8-11,16H,7,12-13H2,(H,26,30)(H,24,28,29). The van der Waals surface area contributed by atoms with Gasteiger partial charge < -0.3 is 4.74 Å². The van der Waals surface area contributed by atoms with Crippen molar-refractivity contribution in [3.8, 4) is 22.4 Å². The fourth-order valence-electron chi connectivity index (χ4n) is 3.71. The molecule has 8 nitrogen and oxygen atoms in total. The van der Waals surface area contributed by atoms with E-state index in [-0.39, 0.29) is 11.7 Å². The number of benzene rings is 2. The van der Waals surface area contributed by atoms with Gasteiger partial charge in [-0.15, -0.1) is 10.2 Å². The van der Waals surface area contributed by atoms with Gasteiger partial charge in [0.15, 0.2) is 0 Å². The van der Waals surface area contributed by atoms with E-state index in [2.05, 4.69) is 25.7 Å². The van der Waals surface area contributed by atoms with Crippen LogP contribution in [0.5, 0.6) is 0 Å². The van der Waals surface area contributed by atoms with Gasteiger partial charge in [-0.3, -0.25) is 14.9 Å². The maximum absolute atomic E-state index is 13.3. The molecule has 3 heterocycles. The lowest BCUT2D eigenvalue weighted by Gasteiger charge is -2.13. The van der Waals surface area contributed by atoms with Crippen LogP contribution in [0.4, 0.5) is 5.13 Å². The number of anilines is 1. The van der Waals surface area contributed by atoms with Gasteiger partial charge in [0.05, 0.1) is 5.69 Å². The molecule has 32 heavy (non-hydrogen) atoms. The third-order valence-corrected chi connectivity index (χ3v) is 6.12. The Morgan fingerprint density at radius 3 is 2.44 bits per heavy atom. The smallest absolute Gasteiger partial charge is 0.277 e. The Kier molecular flexibility index (Phi) is 5.57. The van der Waals surface area contributed by atoms with Crippen molar-refractivity contribution in [2.45, 2.75) is 18.9 Å². The summed E-state index contributed by atoms with van der Waals surface area (Å²) in [5.74, 6) is -0.570. The summed E-state index contributed by atoms with van der Waals surface area (Å²) in [6.45, 7) is 0.695. The van der Waals surface area contributed by atoms with E-state index in [1.807, 2.05) is 60.7 Å². The highest BCUT2D eigenvalue weighted by molar-refractivity contribution is 7.15. The predicted octanol–water partition coefficient (Wildman–Crippen LogP) is 4.06. The maximum atomic E-state index is 13.3. The van der Waals surface area contributed by atoms with Gasteiger partial charge in [0.25, 0.3) is 11.5 Å². The predicted molar refractivity (Wildman–Crippen MR) is 122 cm³/mol. The molecule has 1 unspecified atom stereocenters. The maximum Gasteiger partial charge on any atom is 0.277 e. The first-order valence-electron chi connectivity index (χ1n) is 10.2. The van der Waals surface area contributed by atoms with Gasteiger partial charge in [0.1, 0.15) is 16.7 Å². The van der Waals surface area contributed by atoms with Crippen molar-refractivity contribution in [1.29, 1.82) is 0 Å². The van der Waals surface area contributed by atoms with Crippen LogP contribution in [-0.4, -0.2) is 32.9 Å². The minimum Gasteiger partial charge on any atom is -0.371 e. The van der Waals surface area contributed by atoms with E-state index >= 15 is 0 Å². The Bertz CT molecular complexity index is 1300. The summed E-state index contributed by atoms with van der Waals surface area (Å²) in [7, 11) is 0. The Morgan fingerprint density at radius 1 is 1.03 bits per heavy atom. The molecule has 5 rings (SSSR count). The molecule has 0 spiro atoms. The first kappa shape index (κ1) is 20.2. The van der Waals surface area contributed by atoms with Crippen molar-refractivity contribution >= 4 is 22.4 Å². The topological polar surface area (TPSA) is 110 Å². The van der Waals surface area contributed by atoms with Gasteiger partial charge in [0, 0.05) is 17.7 Å².